The van der Waals surface area contributed by atoms with Gasteiger partial charge in [-0.3, -0.25) is 0 Å². The van der Waals surface area contributed by atoms with Crippen LogP contribution in [0.3, 0.4) is 0 Å². The molecule has 0 spiro atoms. The molecular weight excluding hydrogens is 150 g/mol. The summed E-state index contributed by atoms with van der Waals surface area (Å²) in [5, 5.41) is 4.01. The Bertz CT molecular complexity index is 232. The summed E-state index contributed by atoms with van der Waals surface area (Å²) in [5.41, 5.74) is 1.16. The molecule has 2 aliphatic rings. The van der Waals surface area contributed by atoms with Gasteiger partial charge in [0.15, 0.2) is 0 Å². The molecule has 0 aromatic carbocycles. The maximum atomic E-state index is 4.79. The Morgan fingerprint density at radius 2 is 2.25 bits per heavy atom. The fourth-order valence-electron chi connectivity index (χ4n) is 2.47. The van der Waals surface area contributed by atoms with Crippen molar-refractivity contribution in [1.29, 1.82) is 0 Å². The van der Waals surface area contributed by atoms with Crippen LogP contribution in [0.1, 0.15) is 19.8 Å². The first-order valence-corrected chi connectivity index (χ1v) is 4.57. The van der Waals surface area contributed by atoms with Crippen molar-refractivity contribution in [2.45, 2.75) is 19.8 Å². The summed E-state index contributed by atoms with van der Waals surface area (Å²) >= 11 is 0. The Kier molecular flexibility index (Phi) is 1.91. The fourth-order valence-corrected chi connectivity index (χ4v) is 2.47. The molecule has 0 N–H and O–H groups in total. The molecule has 3 atom stereocenters. The van der Waals surface area contributed by atoms with E-state index in [-0.39, 0.29) is 0 Å². The maximum Gasteiger partial charge on any atom is 0.106 e. The second kappa shape index (κ2) is 2.92. The highest BCUT2D eigenvalue weighted by atomic mass is 16.6. The van der Waals surface area contributed by atoms with Gasteiger partial charge in [0.05, 0.1) is 5.71 Å². The summed E-state index contributed by atoms with van der Waals surface area (Å²) in [6, 6.07) is 0. The van der Waals surface area contributed by atoms with Gasteiger partial charge in [0.25, 0.3) is 0 Å². The Hall–Kier alpha value is -0.790. The third kappa shape index (κ3) is 1.15. The van der Waals surface area contributed by atoms with Gasteiger partial charge in [0.1, 0.15) is 7.11 Å². The lowest BCUT2D eigenvalue weighted by Gasteiger charge is -2.16. The minimum Gasteiger partial charge on any atom is -0.399 e. The van der Waals surface area contributed by atoms with E-state index in [0.29, 0.717) is 5.92 Å². The van der Waals surface area contributed by atoms with Gasteiger partial charge < -0.3 is 4.84 Å². The monoisotopic (exact) mass is 165 g/mol. The van der Waals surface area contributed by atoms with Gasteiger partial charge in [-0.2, -0.15) is 0 Å². The van der Waals surface area contributed by atoms with E-state index in [1.54, 1.807) is 7.11 Å². The molecule has 2 bridgehead atoms. The van der Waals surface area contributed by atoms with Gasteiger partial charge in [0, 0.05) is 5.92 Å². The molecule has 0 amide bonds. The lowest BCUT2D eigenvalue weighted by Crippen LogP contribution is -2.16. The lowest BCUT2D eigenvalue weighted by molar-refractivity contribution is 0.210. The molecule has 2 aliphatic carbocycles. The van der Waals surface area contributed by atoms with Gasteiger partial charge in [-0.05, 0) is 31.6 Å². The Morgan fingerprint density at radius 3 is 2.75 bits per heavy atom. The average Bonchev–Trinajstić information content (AvgIpc) is 2.64. The van der Waals surface area contributed by atoms with E-state index in [9.17, 15) is 0 Å². The van der Waals surface area contributed by atoms with E-state index < -0.39 is 0 Å². The predicted molar refractivity (Wildman–Crippen MR) is 49.0 cm³/mol. The number of allylic oxidation sites excluding steroid dienone is 2. The van der Waals surface area contributed by atoms with E-state index in [1.807, 2.05) is 0 Å². The summed E-state index contributed by atoms with van der Waals surface area (Å²) in [6.07, 6.45) is 7.30. The molecule has 0 unspecified atom stereocenters. The lowest BCUT2D eigenvalue weighted by atomic mass is 9.90. The van der Waals surface area contributed by atoms with Gasteiger partial charge in [-0.1, -0.05) is 17.3 Å². The minimum absolute atomic E-state index is 0.653. The summed E-state index contributed by atoms with van der Waals surface area (Å²) < 4.78 is 0. The topological polar surface area (TPSA) is 21.6 Å². The molecule has 0 radical (unpaired) electrons. The first-order valence-electron chi connectivity index (χ1n) is 4.57. The third-order valence-electron chi connectivity index (χ3n) is 3.05. The van der Waals surface area contributed by atoms with Crippen LogP contribution in [0.2, 0.25) is 0 Å². The highest BCUT2D eigenvalue weighted by molar-refractivity contribution is 5.85. The largest absolute Gasteiger partial charge is 0.399 e. The fraction of sp³-hybridized carbons (Fsp3) is 0.700. The third-order valence-corrected chi connectivity index (χ3v) is 3.05. The zero-order chi connectivity index (χ0) is 8.55. The van der Waals surface area contributed by atoms with Gasteiger partial charge >= 0.3 is 0 Å². The van der Waals surface area contributed by atoms with Crippen LogP contribution in [-0.2, 0) is 4.84 Å². The summed E-state index contributed by atoms with van der Waals surface area (Å²) in [4.78, 5) is 4.79. The SMILES string of the molecule is CO/N=C(\C)[C@@H]1C[C@@H]2C=C[C@H]1C2. The summed E-state index contributed by atoms with van der Waals surface area (Å²) in [7, 11) is 1.62. The molecule has 0 aromatic heterocycles. The Labute approximate surface area is 73.3 Å². The van der Waals surface area contributed by atoms with E-state index in [1.165, 1.54) is 12.8 Å². The zero-order valence-corrected chi connectivity index (χ0v) is 7.66. The molecule has 0 aromatic rings. The van der Waals surface area contributed by atoms with E-state index >= 15 is 0 Å². The van der Waals surface area contributed by atoms with Crippen molar-refractivity contribution in [3.8, 4) is 0 Å². The highest BCUT2D eigenvalue weighted by Crippen LogP contribution is 2.43. The zero-order valence-electron chi connectivity index (χ0n) is 7.66. The van der Waals surface area contributed by atoms with Crippen LogP contribution < -0.4 is 0 Å². The highest BCUT2D eigenvalue weighted by Gasteiger charge is 2.37. The molecule has 0 heterocycles. The Balaban J connectivity index is 2.07. The van der Waals surface area contributed by atoms with Crippen molar-refractivity contribution in [2.75, 3.05) is 7.11 Å². The quantitative estimate of drug-likeness (QED) is 0.349. The minimum atomic E-state index is 0.653. The van der Waals surface area contributed by atoms with Gasteiger partial charge in [-0.15, -0.1) is 0 Å². The van der Waals surface area contributed by atoms with Crippen LogP contribution in [0, 0.1) is 17.8 Å². The predicted octanol–water partition coefficient (Wildman–Crippen LogP) is 2.22. The molecule has 1 fully saturated rings. The number of fused-ring (bicyclic) bond motifs is 2. The first-order chi connectivity index (χ1) is 5.81. The van der Waals surface area contributed by atoms with Crippen LogP contribution >= 0.6 is 0 Å². The molecule has 2 nitrogen and oxygen atoms in total. The number of hydrogen-bond donors (Lipinski definition) is 0. The number of rotatable bonds is 2. The average molecular weight is 165 g/mol. The van der Waals surface area contributed by atoms with E-state index in [4.69, 9.17) is 4.84 Å². The van der Waals surface area contributed by atoms with Crippen LogP contribution in [0.5, 0.6) is 0 Å². The van der Waals surface area contributed by atoms with Crippen LogP contribution in [0.4, 0.5) is 0 Å². The number of nitrogens with zero attached hydrogens (tertiary/aromatic N) is 1. The molecule has 0 aliphatic heterocycles. The molecule has 1 saturated carbocycles. The van der Waals surface area contributed by atoms with Gasteiger partial charge in [0.2, 0.25) is 0 Å². The van der Waals surface area contributed by atoms with Crippen molar-refractivity contribution in [3.05, 3.63) is 12.2 Å². The standard InChI is InChI=1S/C10H15NO/c1-7(11-12-2)10-6-8-3-4-9(10)5-8/h3-4,8-10H,5-6H2,1-2H3/b11-7+/t8-,9+,10+/m1/s1. The second-order valence-corrected chi connectivity index (χ2v) is 3.80. The van der Waals surface area contributed by atoms with Crippen LogP contribution in [0.25, 0.3) is 0 Å². The van der Waals surface area contributed by atoms with E-state index in [2.05, 4.69) is 24.2 Å². The summed E-state index contributed by atoms with van der Waals surface area (Å²) in [5.74, 6) is 2.22. The molecule has 66 valence electrons. The van der Waals surface area contributed by atoms with Crippen molar-refractivity contribution in [1.82, 2.24) is 0 Å². The van der Waals surface area contributed by atoms with Crippen molar-refractivity contribution in [3.63, 3.8) is 0 Å². The van der Waals surface area contributed by atoms with Gasteiger partial charge in [-0.25, -0.2) is 0 Å². The van der Waals surface area contributed by atoms with Crippen LogP contribution in [-0.4, -0.2) is 12.8 Å². The van der Waals surface area contributed by atoms with Crippen LogP contribution in [0.15, 0.2) is 17.3 Å². The molecule has 2 heteroatoms. The maximum absolute atomic E-state index is 4.79. The van der Waals surface area contributed by atoms with E-state index in [0.717, 1.165) is 17.5 Å². The second-order valence-electron chi connectivity index (χ2n) is 3.80. The van der Waals surface area contributed by atoms with Crippen molar-refractivity contribution in [2.24, 2.45) is 22.9 Å². The normalized spacial score (nSPS) is 39.2. The molecule has 0 saturated heterocycles. The first kappa shape index (κ1) is 7.84. The number of hydrogen-bond acceptors (Lipinski definition) is 2. The smallest absolute Gasteiger partial charge is 0.106 e. The molecule has 12 heavy (non-hydrogen) atoms. The van der Waals surface area contributed by atoms with Crippen molar-refractivity contribution < 1.29 is 4.84 Å². The number of oxime groups is 1. The Morgan fingerprint density at radius 1 is 1.42 bits per heavy atom. The summed E-state index contributed by atoms with van der Waals surface area (Å²) in [6.45, 7) is 2.07. The van der Waals surface area contributed by atoms with Crippen molar-refractivity contribution >= 4 is 5.71 Å². The molecule has 2 rings (SSSR count). The molecular formula is C10H15NO.